The first-order valence-corrected chi connectivity index (χ1v) is 10.0. The van der Waals surface area contributed by atoms with Crippen molar-refractivity contribution in [3.63, 3.8) is 0 Å². The number of ether oxygens (including phenoxy) is 4. The van der Waals surface area contributed by atoms with Gasteiger partial charge in [-0.2, -0.15) is 5.11 Å². The zero-order valence-electron chi connectivity index (χ0n) is 18.2. The summed E-state index contributed by atoms with van der Waals surface area (Å²) >= 11 is 0. The monoisotopic (exact) mass is 433 g/mol. The molecule has 1 fully saturated rings. The Labute approximate surface area is 180 Å². The standard InChI is InChI=1S/C21H27N3O7/c1-11-6-12(2)8-16(7-11)9-24-21-18(22-23-24)20(30-15(5)27)19(29-14(4)26)17(31-21)10-28-13(3)25/h6-8,17-21H,9-10H2,1-5H3/t17-,18-,19-,20-,21+/m1/s1. The molecule has 10 heteroatoms. The molecule has 2 aliphatic heterocycles. The first-order chi connectivity index (χ1) is 14.6. The van der Waals surface area contributed by atoms with E-state index in [1.165, 1.54) is 20.8 Å². The van der Waals surface area contributed by atoms with Gasteiger partial charge in [0.1, 0.15) is 12.7 Å². The van der Waals surface area contributed by atoms with Gasteiger partial charge in [0.15, 0.2) is 24.5 Å². The Bertz CT molecular complexity index is 867. The van der Waals surface area contributed by atoms with Crippen LogP contribution in [0, 0.1) is 13.8 Å². The molecular weight excluding hydrogens is 406 g/mol. The first-order valence-electron chi connectivity index (χ1n) is 10.0. The summed E-state index contributed by atoms with van der Waals surface area (Å²) in [4.78, 5) is 34.8. The molecule has 0 saturated carbocycles. The van der Waals surface area contributed by atoms with Gasteiger partial charge in [-0.25, -0.2) is 5.01 Å². The average molecular weight is 433 g/mol. The molecule has 0 radical (unpaired) electrons. The van der Waals surface area contributed by atoms with E-state index >= 15 is 0 Å². The van der Waals surface area contributed by atoms with E-state index in [0.29, 0.717) is 6.54 Å². The summed E-state index contributed by atoms with van der Waals surface area (Å²) in [7, 11) is 0. The van der Waals surface area contributed by atoms with Gasteiger partial charge in [0.25, 0.3) is 0 Å². The van der Waals surface area contributed by atoms with Crippen LogP contribution in [-0.2, 0) is 39.9 Å². The number of nitrogens with zero attached hydrogens (tertiary/aromatic N) is 3. The maximum atomic E-state index is 11.8. The van der Waals surface area contributed by atoms with Crippen LogP contribution < -0.4 is 0 Å². The molecule has 0 aliphatic carbocycles. The highest BCUT2D eigenvalue weighted by Gasteiger charge is 2.54. The molecule has 2 heterocycles. The minimum atomic E-state index is -0.998. The number of benzene rings is 1. The van der Waals surface area contributed by atoms with E-state index in [2.05, 4.69) is 16.4 Å². The zero-order valence-corrected chi connectivity index (χ0v) is 18.2. The van der Waals surface area contributed by atoms with Crippen molar-refractivity contribution < 1.29 is 33.3 Å². The number of rotatable bonds is 6. The highest BCUT2D eigenvalue weighted by molar-refractivity contribution is 5.68. The maximum Gasteiger partial charge on any atom is 0.303 e. The molecular formula is C21H27N3O7. The van der Waals surface area contributed by atoms with E-state index in [4.69, 9.17) is 18.9 Å². The third-order valence-electron chi connectivity index (χ3n) is 4.91. The second-order valence-corrected chi connectivity index (χ2v) is 7.80. The minimum Gasteiger partial charge on any atom is -0.463 e. The third-order valence-corrected chi connectivity index (χ3v) is 4.91. The number of aryl methyl sites for hydroxylation is 2. The Balaban J connectivity index is 1.87. The van der Waals surface area contributed by atoms with E-state index < -0.39 is 48.5 Å². The van der Waals surface area contributed by atoms with Crippen molar-refractivity contribution in [2.75, 3.05) is 6.61 Å². The minimum absolute atomic E-state index is 0.175. The lowest BCUT2D eigenvalue weighted by Crippen LogP contribution is -2.62. The highest BCUT2D eigenvalue weighted by Crippen LogP contribution is 2.35. The number of esters is 3. The summed E-state index contributed by atoms with van der Waals surface area (Å²) in [5.74, 6) is -1.65. The van der Waals surface area contributed by atoms with E-state index in [0.717, 1.165) is 16.7 Å². The second-order valence-electron chi connectivity index (χ2n) is 7.80. The molecule has 0 aromatic heterocycles. The molecule has 0 amide bonds. The second kappa shape index (κ2) is 9.42. The summed E-state index contributed by atoms with van der Waals surface area (Å²) in [6.07, 6.45) is -3.48. The van der Waals surface area contributed by atoms with Gasteiger partial charge in [-0.1, -0.05) is 34.5 Å². The number of hydrogen-bond donors (Lipinski definition) is 0. The predicted molar refractivity (Wildman–Crippen MR) is 107 cm³/mol. The van der Waals surface area contributed by atoms with Crippen molar-refractivity contribution in [3.05, 3.63) is 34.9 Å². The fourth-order valence-electron chi connectivity index (χ4n) is 3.92. The van der Waals surface area contributed by atoms with Gasteiger partial charge >= 0.3 is 17.9 Å². The summed E-state index contributed by atoms with van der Waals surface area (Å²) in [6, 6.07) is 5.46. The normalized spacial score (nSPS) is 26.9. The van der Waals surface area contributed by atoms with Crippen LogP contribution in [0.15, 0.2) is 28.5 Å². The zero-order chi connectivity index (χ0) is 22.7. The van der Waals surface area contributed by atoms with E-state index in [1.807, 2.05) is 26.0 Å². The van der Waals surface area contributed by atoms with Gasteiger partial charge in [-0.15, -0.1) is 0 Å². The van der Waals surface area contributed by atoms with Gasteiger partial charge in [-0.3, -0.25) is 14.4 Å². The van der Waals surface area contributed by atoms with Gasteiger partial charge in [-0.05, 0) is 19.4 Å². The maximum absolute atomic E-state index is 11.8. The van der Waals surface area contributed by atoms with Gasteiger partial charge in [0.2, 0.25) is 0 Å². The predicted octanol–water partition coefficient (Wildman–Crippen LogP) is 2.01. The Kier molecular flexibility index (Phi) is 6.89. The summed E-state index contributed by atoms with van der Waals surface area (Å²) in [5, 5.41) is 10.1. The fraction of sp³-hybridized carbons (Fsp3) is 0.571. The lowest BCUT2D eigenvalue weighted by molar-refractivity contribution is -0.236. The molecule has 1 saturated heterocycles. The quantitative estimate of drug-likeness (QED) is 0.494. The van der Waals surface area contributed by atoms with Crippen LogP contribution in [0.3, 0.4) is 0 Å². The largest absolute Gasteiger partial charge is 0.463 e. The van der Waals surface area contributed by atoms with Crippen molar-refractivity contribution in [1.82, 2.24) is 5.01 Å². The van der Waals surface area contributed by atoms with Crippen molar-refractivity contribution >= 4 is 17.9 Å². The van der Waals surface area contributed by atoms with Crippen molar-refractivity contribution in [3.8, 4) is 0 Å². The number of fused-ring (bicyclic) bond motifs is 1. The Hall–Kier alpha value is -3.01. The Morgan fingerprint density at radius 2 is 1.58 bits per heavy atom. The molecule has 1 aromatic carbocycles. The van der Waals surface area contributed by atoms with Crippen LogP contribution in [0.4, 0.5) is 0 Å². The molecule has 0 unspecified atom stereocenters. The smallest absolute Gasteiger partial charge is 0.303 e. The molecule has 31 heavy (non-hydrogen) atoms. The number of carbonyl (C=O) groups excluding carboxylic acids is 3. The van der Waals surface area contributed by atoms with Gasteiger partial charge in [0, 0.05) is 20.8 Å². The third kappa shape index (κ3) is 5.57. The molecule has 168 valence electrons. The van der Waals surface area contributed by atoms with Crippen LogP contribution >= 0.6 is 0 Å². The molecule has 2 aliphatic rings. The van der Waals surface area contributed by atoms with Crippen LogP contribution in [-0.4, -0.2) is 60.1 Å². The number of hydrogen-bond acceptors (Lipinski definition) is 10. The van der Waals surface area contributed by atoms with E-state index in [1.54, 1.807) is 5.01 Å². The molecule has 0 bridgehead atoms. The SMILES string of the molecule is CC(=O)OC[C@H]1O[C@H]2[C@H](N=NN2Cc2cc(C)cc(C)c2)[C@@H](OC(C)=O)[C@@H]1OC(C)=O. The molecule has 0 N–H and O–H groups in total. The molecule has 1 aromatic rings. The van der Waals surface area contributed by atoms with Crippen LogP contribution in [0.25, 0.3) is 0 Å². The lowest BCUT2D eigenvalue weighted by atomic mass is 9.95. The summed E-state index contributed by atoms with van der Waals surface area (Å²) in [5.41, 5.74) is 3.25. The summed E-state index contributed by atoms with van der Waals surface area (Å²) in [6.45, 7) is 8.03. The molecule has 5 atom stereocenters. The van der Waals surface area contributed by atoms with Crippen LogP contribution in [0.5, 0.6) is 0 Å². The summed E-state index contributed by atoms with van der Waals surface area (Å²) < 4.78 is 22.1. The van der Waals surface area contributed by atoms with Gasteiger partial charge in [0.05, 0.1) is 6.54 Å². The van der Waals surface area contributed by atoms with Crippen LogP contribution in [0.2, 0.25) is 0 Å². The molecule has 3 rings (SSSR count). The molecule has 10 nitrogen and oxygen atoms in total. The molecule has 0 spiro atoms. The Morgan fingerprint density at radius 1 is 0.968 bits per heavy atom. The topological polar surface area (TPSA) is 116 Å². The van der Waals surface area contributed by atoms with Crippen molar-refractivity contribution in [2.45, 2.75) is 71.7 Å². The Morgan fingerprint density at radius 3 is 2.16 bits per heavy atom. The van der Waals surface area contributed by atoms with Crippen molar-refractivity contribution in [2.24, 2.45) is 10.3 Å². The highest BCUT2D eigenvalue weighted by atomic mass is 16.6. The van der Waals surface area contributed by atoms with E-state index in [-0.39, 0.29) is 6.61 Å². The average Bonchev–Trinajstić information content (AvgIpc) is 3.03. The number of carbonyl (C=O) groups is 3. The van der Waals surface area contributed by atoms with E-state index in [9.17, 15) is 14.4 Å². The first kappa shape index (κ1) is 22.7. The lowest BCUT2D eigenvalue weighted by Gasteiger charge is -2.42. The van der Waals surface area contributed by atoms with Crippen molar-refractivity contribution in [1.29, 1.82) is 0 Å². The van der Waals surface area contributed by atoms with Gasteiger partial charge < -0.3 is 18.9 Å². The van der Waals surface area contributed by atoms with Crippen LogP contribution in [0.1, 0.15) is 37.5 Å². The fourth-order valence-corrected chi connectivity index (χ4v) is 3.92.